The molecule has 5 nitrogen and oxygen atoms in total. The van der Waals surface area contributed by atoms with E-state index in [1.165, 1.54) is 18.4 Å². The van der Waals surface area contributed by atoms with E-state index in [0.29, 0.717) is 0 Å². The van der Waals surface area contributed by atoms with Crippen molar-refractivity contribution in [1.29, 1.82) is 0 Å². The second-order valence-corrected chi connectivity index (χ2v) is 5.70. The molecule has 1 saturated heterocycles. The quantitative estimate of drug-likeness (QED) is 0.695. The Balaban J connectivity index is 2.47. The van der Waals surface area contributed by atoms with E-state index in [4.69, 9.17) is 0 Å². The summed E-state index contributed by atoms with van der Waals surface area (Å²) in [6.07, 6.45) is 0.904. The molecule has 1 rings (SSSR count). The van der Waals surface area contributed by atoms with Gasteiger partial charge in [-0.1, -0.05) is 6.92 Å². The molecule has 84 valence electrons. The largest absolute Gasteiger partial charge is 0.302 e. The Morgan fingerprint density at radius 1 is 1.50 bits per heavy atom. The molecule has 0 aromatic rings. The molecule has 1 atom stereocenters. The highest BCUT2D eigenvalue weighted by Crippen LogP contribution is 2.09. The molecule has 1 unspecified atom stereocenters. The summed E-state index contributed by atoms with van der Waals surface area (Å²) in [6.45, 7) is 4.88. The third-order valence-corrected chi connectivity index (χ3v) is 4.11. The maximum absolute atomic E-state index is 11.5. The van der Waals surface area contributed by atoms with E-state index in [1.54, 1.807) is 0 Å². The van der Waals surface area contributed by atoms with E-state index in [2.05, 4.69) is 16.5 Å². The van der Waals surface area contributed by atoms with Gasteiger partial charge in [0.25, 0.3) is 10.2 Å². The molecule has 1 fully saturated rings. The van der Waals surface area contributed by atoms with Crippen molar-refractivity contribution in [2.75, 3.05) is 33.7 Å². The van der Waals surface area contributed by atoms with Crippen LogP contribution < -0.4 is 4.72 Å². The molecule has 0 aromatic heterocycles. The topological polar surface area (TPSA) is 52.7 Å². The molecule has 1 N–H and O–H groups in total. The lowest BCUT2D eigenvalue weighted by atomic mass is 10.3. The van der Waals surface area contributed by atoms with Crippen molar-refractivity contribution in [3.63, 3.8) is 0 Å². The summed E-state index contributed by atoms with van der Waals surface area (Å²) in [5.41, 5.74) is 0. The van der Waals surface area contributed by atoms with Gasteiger partial charge in [0.1, 0.15) is 0 Å². The fourth-order valence-corrected chi connectivity index (χ4v) is 2.36. The Bertz CT molecular complexity index is 276. The van der Waals surface area contributed by atoms with Crippen molar-refractivity contribution in [3.8, 4) is 0 Å². The normalized spacial score (nSPS) is 24.7. The maximum Gasteiger partial charge on any atom is 0.279 e. The zero-order valence-electron chi connectivity index (χ0n) is 9.02. The first kappa shape index (κ1) is 11.9. The summed E-state index contributed by atoms with van der Waals surface area (Å²) in [4.78, 5) is 2.24. The van der Waals surface area contributed by atoms with Crippen molar-refractivity contribution in [3.05, 3.63) is 0 Å². The molecule has 0 radical (unpaired) electrons. The average molecular weight is 221 g/mol. The SMILES string of the molecule is CCN1CCC(NS(=O)(=O)N(C)C)C1. The van der Waals surface area contributed by atoms with Crippen molar-refractivity contribution >= 4 is 10.2 Å². The Morgan fingerprint density at radius 2 is 2.14 bits per heavy atom. The lowest BCUT2D eigenvalue weighted by Gasteiger charge is -2.17. The summed E-state index contributed by atoms with van der Waals surface area (Å²) < 4.78 is 26.8. The number of hydrogen-bond donors (Lipinski definition) is 1. The second kappa shape index (κ2) is 4.57. The number of hydrogen-bond acceptors (Lipinski definition) is 3. The van der Waals surface area contributed by atoms with Crippen LogP contribution in [0.5, 0.6) is 0 Å². The summed E-state index contributed by atoms with van der Waals surface area (Å²) in [5, 5.41) is 0. The highest BCUT2D eigenvalue weighted by molar-refractivity contribution is 7.87. The molecule has 0 bridgehead atoms. The Morgan fingerprint density at radius 3 is 2.57 bits per heavy atom. The van der Waals surface area contributed by atoms with E-state index in [9.17, 15) is 8.42 Å². The highest BCUT2D eigenvalue weighted by atomic mass is 32.2. The minimum absolute atomic E-state index is 0.0716. The van der Waals surface area contributed by atoms with Crippen LogP contribution in [0.15, 0.2) is 0 Å². The molecular formula is C8H19N3O2S. The van der Waals surface area contributed by atoms with Gasteiger partial charge in [-0.2, -0.15) is 17.4 Å². The van der Waals surface area contributed by atoms with Crippen LogP contribution in [0.1, 0.15) is 13.3 Å². The third-order valence-electron chi connectivity index (χ3n) is 2.52. The van der Waals surface area contributed by atoms with Crippen LogP contribution in [0, 0.1) is 0 Å². The van der Waals surface area contributed by atoms with E-state index in [1.807, 2.05) is 0 Å². The predicted molar refractivity (Wildman–Crippen MR) is 56.3 cm³/mol. The molecule has 6 heteroatoms. The first-order valence-corrected chi connectivity index (χ1v) is 6.32. The lowest BCUT2D eigenvalue weighted by Crippen LogP contribution is -2.43. The average Bonchev–Trinajstić information content (AvgIpc) is 2.51. The summed E-state index contributed by atoms with van der Waals surface area (Å²) in [7, 11) is -0.183. The van der Waals surface area contributed by atoms with Gasteiger partial charge in [-0.25, -0.2) is 0 Å². The van der Waals surface area contributed by atoms with Crippen LogP contribution in [-0.4, -0.2) is 57.4 Å². The molecule has 14 heavy (non-hydrogen) atoms. The van der Waals surface area contributed by atoms with Crippen molar-refractivity contribution in [2.24, 2.45) is 0 Å². The molecule has 0 amide bonds. The monoisotopic (exact) mass is 221 g/mol. The number of rotatable bonds is 4. The van der Waals surface area contributed by atoms with Gasteiger partial charge in [0.15, 0.2) is 0 Å². The fraction of sp³-hybridized carbons (Fsp3) is 1.00. The molecule has 1 aliphatic rings. The molecule has 0 saturated carbocycles. The minimum Gasteiger partial charge on any atom is -0.302 e. The van der Waals surface area contributed by atoms with Crippen molar-refractivity contribution in [2.45, 2.75) is 19.4 Å². The van der Waals surface area contributed by atoms with Crippen LogP contribution in [0.4, 0.5) is 0 Å². The smallest absolute Gasteiger partial charge is 0.279 e. The van der Waals surface area contributed by atoms with Gasteiger partial charge in [-0.3, -0.25) is 0 Å². The standard InChI is InChI=1S/C8H19N3O2S/c1-4-11-6-5-8(7-11)9-14(12,13)10(2)3/h8-9H,4-7H2,1-3H3. The van der Waals surface area contributed by atoms with Crippen LogP contribution in [0.25, 0.3) is 0 Å². The number of likely N-dealkylation sites (tertiary alicyclic amines) is 1. The van der Waals surface area contributed by atoms with Gasteiger partial charge < -0.3 is 4.90 Å². The van der Waals surface area contributed by atoms with Gasteiger partial charge in [-0.05, 0) is 19.5 Å². The fourth-order valence-electron chi connectivity index (χ4n) is 1.53. The molecular weight excluding hydrogens is 202 g/mol. The molecule has 0 aliphatic carbocycles. The van der Waals surface area contributed by atoms with Gasteiger partial charge in [0, 0.05) is 26.7 Å². The van der Waals surface area contributed by atoms with E-state index >= 15 is 0 Å². The van der Waals surface area contributed by atoms with Crippen LogP contribution in [-0.2, 0) is 10.2 Å². The van der Waals surface area contributed by atoms with E-state index < -0.39 is 10.2 Å². The van der Waals surface area contributed by atoms with Crippen molar-refractivity contribution in [1.82, 2.24) is 13.9 Å². The zero-order valence-corrected chi connectivity index (χ0v) is 9.84. The Kier molecular flexibility index (Phi) is 3.88. The van der Waals surface area contributed by atoms with E-state index in [0.717, 1.165) is 26.1 Å². The Labute approximate surface area is 86.3 Å². The van der Waals surface area contributed by atoms with Crippen molar-refractivity contribution < 1.29 is 8.42 Å². The first-order valence-electron chi connectivity index (χ1n) is 4.88. The summed E-state index contributed by atoms with van der Waals surface area (Å²) in [6, 6.07) is 0.0716. The van der Waals surface area contributed by atoms with Crippen LogP contribution >= 0.6 is 0 Å². The minimum atomic E-state index is -3.26. The summed E-state index contributed by atoms with van der Waals surface area (Å²) >= 11 is 0. The van der Waals surface area contributed by atoms with Gasteiger partial charge in [0.2, 0.25) is 0 Å². The second-order valence-electron chi connectivity index (χ2n) is 3.78. The van der Waals surface area contributed by atoms with Gasteiger partial charge >= 0.3 is 0 Å². The third kappa shape index (κ3) is 2.91. The molecule has 0 aromatic carbocycles. The molecule has 0 spiro atoms. The van der Waals surface area contributed by atoms with Gasteiger partial charge in [-0.15, -0.1) is 0 Å². The number of nitrogens with one attached hydrogen (secondary N) is 1. The van der Waals surface area contributed by atoms with Crippen LogP contribution in [0.3, 0.4) is 0 Å². The molecule has 1 heterocycles. The van der Waals surface area contributed by atoms with Gasteiger partial charge in [0.05, 0.1) is 0 Å². The Hall–Kier alpha value is -0.170. The van der Waals surface area contributed by atoms with Crippen LogP contribution in [0.2, 0.25) is 0 Å². The predicted octanol–water partition coefficient (Wildman–Crippen LogP) is -0.523. The maximum atomic E-state index is 11.5. The summed E-state index contributed by atoms with van der Waals surface area (Å²) in [5.74, 6) is 0. The molecule has 1 aliphatic heterocycles. The lowest BCUT2D eigenvalue weighted by molar-refractivity contribution is 0.350. The highest BCUT2D eigenvalue weighted by Gasteiger charge is 2.26. The number of nitrogens with zero attached hydrogens (tertiary/aromatic N) is 2. The first-order chi connectivity index (χ1) is 6.45. The number of likely N-dealkylation sites (N-methyl/N-ethyl adjacent to an activating group) is 1. The zero-order chi connectivity index (χ0) is 10.8. The van der Waals surface area contributed by atoms with E-state index in [-0.39, 0.29) is 6.04 Å².